The zero-order valence-electron chi connectivity index (χ0n) is 11.0. The Bertz CT molecular complexity index is 623. The Hall–Kier alpha value is -1.95. The van der Waals surface area contributed by atoms with Gasteiger partial charge in [0.1, 0.15) is 5.82 Å². The van der Waals surface area contributed by atoms with Crippen LogP contribution in [0.4, 0.5) is 8.78 Å². The maximum atomic E-state index is 14.1. The Morgan fingerprint density at radius 3 is 2.53 bits per heavy atom. The van der Waals surface area contributed by atoms with Crippen LogP contribution in [-0.2, 0) is 13.6 Å². The molecule has 0 aliphatic rings. The van der Waals surface area contributed by atoms with E-state index in [1.165, 1.54) is 11.8 Å². The van der Waals surface area contributed by atoms with Gasteiger partial charge in [0.25, 0.3) is 0 Å². The average molecular weight is 267 g/mol. The molecule has 2 N–H and O–H groups in total. The number of methoxy groups -OCH3 is 1. The lowest BCUT2D eigenvalue weighted by molar-refractivity contribution is 0.383. The Morgan fingerprint density at radius 1 is 1.32 bits per heavy atom. The quantitative estimate of drug-likeness (QED) is 0.927. The second-order valence-electron chi connectivity index (χ2n) is 4.21. The molecule has 102 valence electrons. The minimum absolute atomic E-state index is 0.125. The van der Waals surface area contributed by atoms with Gasteiger partial charge in [0.15, 0.2) is 11.6 Å². The van der Waals surface area contributed by atoms with Gasteiger partial charge in [-0.2, -0.15) is 5.10 Å². The van der Waals surface area contributed by atoms with Crippen LogP contribution in [-0.4, -0.2) is 16.9 Å². The highest BCUT2D eigenvalue weighted by Crippen LogP contribution is 2.31. The zero-order chi connectivity index (χ0) is 14.2. The standard InChI is InChI=1S/C13H15F2N3O/c1-7-11(6-16)17-18(2)13(7)8-4-10(15)12(19-3)5-9(8)14/h4-5H,6,16H2,1-3H3. The Balaban J connectivity index is 2.66. The summed E-state index contributed by atoms with van der Waals surface area (Å²) in [6.45, 7) is 2.03. The number of benzene rings is 1. The van der Waals surface area contributed by atoms with Crippen LogP contribution in [0.2, 0.25) is 0 Å². The van der Waals surface area contributed by atoms with Crippen molar-refractivity contribution in [1.82, 2.24) is 9.78 Å². The minimum atomic E-state index is -0.617. The molecule has 0 bridgehead atoms. The van der Waals surface area contributed by atoms with Crippen molar-refractivity contribution >= 4 is 0 Å². The highest BCUT2D eigenvalue weighted by Gasteiger charge is 2.19. The van der Waals surface area contributed by atoms with Crippen molar-refractivity contribution in [2.45, 2.75) is 13.5 Å². The smallest absolute Gasteiger partial charge is 0.165 e. The van der Waals surface area contributed by atoms with E-state index in [1.54, 1.807) is 14.0 Å². The summed E-state index contributed by atoms with van der Waals surface area (Å²) in [6, 6.07) is 2.14. The third kappa shape index (κ3) is 2.19. The van der Waals surface area contributed by atoms with Gasteiger partial charge >= 0.3 is 0 Å². The monoisotopic (exact) mass is 267 g/mol. The van der Waals surface area contributed by atoms with Crippen molar-refractivity contribution in [3.05, 3.63) is 35.0 Å². The maximum absolute atomic E-state index is 14.1. The third-order valence-corrected chi connectivity index (χ3v) is 3.07. The number of nitrogens with two attached hydrogens (primary N) is 1. The van der Waals surface area contributed by atoms with Crippen LogP contribution in [0.5, 0.6) is 5.75 Å². The van der Waals surface area contributed by atoms with Gasteiger partial charge in [0, 0.05) is 25.2 Å². The molecule has 0 radical (unpaired) electrons. The molecule has 0 unspecified atom stereocenters. The number of hydrogen-bond donors (Lipinski definition) is 1. The molecule has 0 saturated heterocycles. The fourth-order valence-electron chi connectivity index (χ4n) is 2.12. The van der Waals surface area contributed by atoms with Crippen molar-refractivity contribution in [1.29, 1.82) is 0 Å². The SMILES string of the molecule is COc1cc(F)c(-c2c(C)c(CN)nn2C)cc1F. The Morgan fingerprint density at radius 2 is 2.00 bits per heavy atom. The maximum Gasteiger partial charge on any atom is 0.165 e. The van der Waals surface area contributed by atoms with Crippen LogP contribution in [0.15, 0.2) is 12.1 Å². The summed E-state index contributed by atoms with van der Waals surface area (Å²) in [6.07, 6.45) is 0. The van der Waals surface area contributed by atoms with Crippen LogP contribution in [0.3, 0.4) is 0 Å². The number of nitrogens with zero attached hydrogens (tertiary/aromatic N) is 2. The van der Waals surface area contributed by atoms with E-state index in [0.29, 0.717) is 11.4 Å². The van der Waals surface area contributed by atoms with Crippen molar-refractivity contribution in [2.24, 2.45) is 12.8 Å². The highest BCUT2D eigenvalue weighted by atomic mass is 19.1. The summed E-state index contributed by atoms with van der Waals surface area (Å²) in [5, 5.41) is 4.19. The van der Waals surface area contributed by atoms with Crippen molar-refractivity contribution in [3.8, 4) is 17.0 Å². The fraction of sp³-hybridized carbons (Fsp3) is 0.308. The summed E-state index contributed by atoms with van der Waals surface area (Å²) < 4.78 is 34.0. The normalized spacial score (nSPS) is 10.8. The number of hydrogen-bond acceptors (Lipinski definition) is 3. The van der Waals surface area contributed by atoms with E-state index >= 15 is 0 Å². The molecule has 2 aromatic rings. The molecule has 1 heterocycles. The molecule has 0 saturated carbocycles. The van der Waals surface area contributed by atoms with E-state index in [4.69, 9.17) is 10.5 Å². The lowest BCUT2D eigenvalue weighted by Crippen LogP contribution is -2.00. The molecule has 0 atom stereocenters. The first-order valence-corrected chi connectivity index (χ1v) is 5.75. The van der Waals surface area contributed by atoms with Crippen LogP contribution in [0.25, 0.3) is 11.3 Å². The van der Waals surface area contributed by atoms with Crippen LogP contribution < -0.4 is 10.5 Å². The van der Waals surface area contributed by atoms with E-state index in [2.05, 4.69) is 5.10 Å². The van der Waals surface area contributed by atoms with Gasteiger partial charge < -0.3 is 10.5 Å². The molecular weight excluding hydrogens is 252 g/mol. The molecular formula is C13H15F2N3O. The number of halogens is 2. The second kappa shape index (κ2) is 4.97. The molecule has 1 aromatic heterocycles. The van der Waals surface area contributed by atoms with Gasteiger partial charge in [-0.1, -0.05) is 0 Å². The average Bonchev–Trinajstić information content (AvgIpc) is 2.67. The third-order valence-electron chi connectivity index (χ3n) is 3.07. The van der Waals surface area contributed by atoms with Crippen molar-refractivity contribution in [3.63, 3.8) is 0 Å². The van der Waals surface area contributed by atoms with Gasteiger partial charge in [0.2, 0.25) is 0 Å². The first kappa shape index (κ1) is 13.5. The van der Waals surface area contributed by atoms with Gasteiger partial charge in [-0.15, -0.1) is 0 Å². The highest BCUT2D eigenvalue weighted by molar-refractivity contribution is 5.66. The number of ether oxygens (including phenoxy) is 1. The van der Waals surface area contributed by atoms with Crippen LogP contribution in [0.1, 0.15) is 11.3 Å². The number of rotatable bonds is 3. The molecule has 0 aliphatic carbocycles. The summed E-state index contributed by atoms with van der Waals surface area (Å²) in [5.41, 5.74) is 7.62. The molecule has 0 spiro atoms. The molecule has 4 nitrogen and oxygen atoms in total. The van der Waals surface area contributed by atoms with E-state index in [0.717, 1.165) is 17.7 Å². The van der Waals surface area contributed by atoms with E-state index in [-0.39, 0.29) is 17.9 Å². The summed E-state index contributed by atoms with van der Waals surface area (Å²) in [4.78, 5) is 0. The van der Waals surface area contributed by atoms with Crippen molar-refractivity contribution < 1.29 is 13.5 Å². The summed E-state index contributed by atoms with van der Waals surface area (Å²) >= 11 is 0. The summed E-state index contributed by atoms with van der Waals surface area (Å²) in [5.74, 6) is -1.30. The predicted molar refractivity (Wildman–Crippen MR) is 67.7 cm³/mol. The lowest BCUT2D eigenvalue weighted by Gasteiger charge is -2.08. The molecule has 0 amide bonds. The molecule has 1 aromatic carbocycles. The van der Waals surface area contributed by atoms with Crippen molar-refractivity contribution in [2.75, 3.05) is 7.11 Å². The predicted octanol–water partition coefficient (Wildman–Crippen LogP) is 2.14. The summed E-state index contributed by atoms with van der Waals surface area (Å²) in [7, 11) is 2.96. The first-order chi connectivity index (χ1) is 8.99. The minimum Gasteiger partial charge on any atom is -0.494 e. The number of aryl methyl sites for hydroxylation is 1. The Labute approximate surface area is 109 Å². The largest absolute Gasteiger partial charge is 0.494 e. The second-order valence-corrected chi connectivity index (χ2v) is 4.21. The van der Waals surface area contributed by atoms with E-state index in [1.807, 2.05) is 0 Å². The topological polar surface area (TPSA) is 53.1 Å². The van der Waals surface area contributed by atoms with Crippen LogP contribution in [0, 0.1) is 18.6 Å². The van der Waals surface area contributed by atoms with E-state index in [9.17, 15) is 8.78 Å². The van der Waals surface area contributed by atoms with Gasteiger partial charge in [-0.3, -0.25) is 4.68 Å². The molecule has 2 rings (SSSR count). The zero-order valence-corrected chi connectivity index (χ0v) is 11.0. The Kier molecular flexibility index (Phi) is 3.53. The molecule has 6 heteroatoms. The molecule has 0 fully saturated rings. The van der Waals surface area contributed by atoms with E-state index < -0.39 is 11.6 Å². The van der Waals surface area contributed by atoms with Gasteiger partial charge in [-0.25, -0.2) is 8.78 Å². The van der Waals surface area contributed by atoms with Gasteiger partial charge in [0.05, 0.1) is 18.5 Å². The van der Waals surface area contributed by atoms with Gasteiger partial charge in [-0.05, 0) is 18.6 Å². The molecule has 19 heavy (non-hydrogen) atoms. The molecule has 0 aliphatic heterocycles. The first-order valence-electron chi connectivity index (χ1n) is 5.75. The lowest BCUT2D eigenvalue weighted by atomic mass is 10.1. The number of aromatic nitrogens is 2. The fourth-order valence-corrected chi connectivity index (χ4v) is 2.12. The van der Waals surface area contributed by atoms with Crippen LogP contribution >= 0.6 is 0 Å².